The summed E-state index contributed by atoms with van der Waals surface area (Å²) < 4.78 is 29.8. The van der Waals surface area contributed by atoms with Crippen molar-refractivity contribution in [1.82, 2.24) is 24.9 Å². The van der Waals surface area contributed by atoms with Crippen LogP contribution in [0, 0.1) is 29.1 Å². The number of likely N-dealkylation sites (tertiary alicyclic amines) is 2. The maximum Gasteiger partial charge on any atom is 0.410 e. The molecule has 0 aromatic heterocycles. The van der Waals surface area contributed by atoms with Gasteiger partial charge in [0.15, 0.2) is 5.78 Å². The summed E-state index contributed by atoms with van der Waals surface area (Å²) in [6, 6.07) is -0.793. The molecule has 2 amide bonds. The molecule has 4 aliphatic heterocycles. The Morgan fingerprint density at radius 2 is 1.66 bits per heavy atom. The Morgan fingerprint density at radius 3 is 2.36 bits per heavy atom. The fourth-order valence-corrected chi connectivity index (χ4v) is 11.2. The number of nitrogens with one attached hydrogen (secondary N) is 1. The number of amides is 2. The molecule has 0 radical (unpaired) electrons. The van der Waals surface area contributed by atoms with Gasteiger partial charge in [0.05, 0.1) is 41.9 Å². The number of carbonyl (C=O) groups excluding carboxylic acids is 3. The Bertz CT molecular complexity index is 1350. The van der Waals surface area contributed by atoms with E-state index >= 15 is 4.39 Å². The van der Waals surface area contributed by atoms with E-state index in [0.29, 0.717) is 38.0 Å². The highest BCUT2D eigenvalue weighted by molar-refractivity contribution is 6.20. The van der Waals surface area contributed by atoms with Gasteiger partial charge in [-0.3, -0.25) is 14.5 Å². The Balaban J connectivity index is 1.17. The molecule has 11 atom stereocenters. The molecule has 11 heteroatoms. The van der Waals surface area contributed by atoms with Crippen LogP contribution >= 0.6 is 0 Å². The second-order valence-corrected chi connectivity index (χ2v) is 18.9. The van der Waals surface area contributed by atoms with E-state index in [9.17, 15) is 14.4 Å². The summed E-state index contributed by atoms with van der Waals surface area (Å²) in [7, 11) is 4.03. The van der Waals surface area contributed by atoms with Crippen LogP contribution in [0.25, 0.3) is 0 Å². The van der Waals surface area contributed by atoms with Crippen LogP contribution in [0.15, 0.2) is 11.8 Å². The number of alkyl halides is 1. The molecule has 280 valence electrons. The van der Waals surface area contributed by atoms with Crippen molar-refractivity contribution in [2.75, 3.05) is 46.8 Å². The summed E-state index contributed by atoms with van der Waals surface area (Å²) in [6.07, 6.45) is 8.55. The molecule has 0 aromatic carbocycles. The first-order valence-electron chi connectivity index (χ1n) is 19.6. The predicted octanol–water partition coefficient (Wildman–Crippen LogP) is 4.62. The minimum Gasteiger partial charge on any atom is -0.444 e. The van der Waals surface area contributed by atoms with Crippen LogP contribution in [0.3, 0.4) is 0 Å². The number of carbonyl (C=O) groups is 3. The lowest BCUT2D eigenvalue weighted by Gasteiger charge is -2.61. The quantitative estimate of drug-likeness (QED) is 0.402. The van der Waals surface area contributed by atoms with Gasteiger partial charge in [0.25, 0.3) is 5.91 Å². The van der Waals surface area contributed by atoms with Crippen LogP contribution in [0.5, 0.6) is 0 Å². The topological polar surface area (TPSA) is 94.7 Å². The highest BCUT2D eigenvalue weighted by Crippen LogP contribution is 2.51. The van der Waals surface area contributed by atoms with Crippen molar-refractivity contribution in [3.63, 3.8) is 0 Å². The smallest absolute Gasteiger partial charge is 0.410 e. The highest BCUT2D eigenvalue weighted by atomic mass is 19.1. The number of piperidine rings is 1. The second kappa shape index (κ2) is 13.6. The van der Waals surface area contributed by atoms with E-state index in [0.717, 1.165) is 32.2 Å². The standard InChI is InChI=1S/C39H62FN5O5/c1-38(2,3)50-37(48)44-14-10-13-25-18-43(20-30(25)44)33-28(40)17-26-32-35(33)49-31-16-24-12-9-8-11-23(24)15-29(31)45(32)19-27(34(26)46)36(47)41-21-39(4,5)22-42(6)7/h19,23-26,28-33,35H,8-18,20-22H2,1-7H3,(H,41,47). The van der Waals surface area contributed by atoms with Crippen molar-refractivity contribution in [3.8, 4) is 0 Å². The van der Waals surface area contributed by atoms with Crippen molar-refractivity contribution in [1.29, 1.82) is 0 Å². The lowest BCUT2D eigenvalue weighted by molar-refractivity contribution is -0.220. The minimum absolute atomic E-state index is 0.0337. The largest absolute Gasteiger partial charge is 0.444 e. The van der Waals surface area contributed by atoms with E-state index < -0.39 is 29.8 Å². The maximum atomic E-state index is 16.9. The van der Waals surface area contributed by atoms with Crippen LogP contribution in [-0.2, 0) is 19.1 Å². The molecular weight excluding hydrogens is 637 g/mol. The summed E-state index contributed by atoms with van der Waals surface area (Å²) in [5.41, 5.74) is -0.595. The van der Waals surface area contributed by atoms with Gasteiger partial charge < -0.3 is 29.5 Å². The van der Waals surface area contributed by atoms with Gasteiger partial charge in [-0.25, -0.2) is 9.18 Å². The van der Waals surface area contributed by atoms with Crippen molar-refractivity contribution < 1.29 is 28.2 Å². The molecule has 3 saturated carbocycles. The molecule has 1 N–H and O–H groups in total. The number of morpholine rings is 1. The first-order chi connectivity index (χ1) is 23.6. The number of ketones is 1. The van der Waals surface area contributed by atoms with Crippen LogP contribution in [0.1, 0.15) is 92.4 Å². The molecule has 6 fully saturated rings. The summed E-state index contributed by atoms with van der Waals surface area (Å²) in [4.78, 5) is 50.0. The van der Waals surface area contributed by atoms with Gasteiger partial charge in [0.2, 0.25) is 0 Å². The second-order valence-electron chi connectivity index (χ2n) is 18.9. The third kappa shape index (κ3) is 6.96. The van der Waals surface area contributed by atoms with Crippen molar-refractivity contribution in [2.45, 2.75) is 141 Å². The zero-order valence-electron chi connectivity index (χ0n) is 31.5. The highest BCUT2D eigenvalue weighted by Gasteiger charge is 2.62. The van der Waals surface area contributed by atoms with Crippen molar-refractivity contribution in [3.05, 3.63) is 11.8 Å². The fraction of sp³-hybridized carbons (Fsp3) is 0.872. The van der Waals surface area contributed by atoms with Crippen molar-refractivity contribution in [2.24, 2.45) is 29.1 Å². The predicted molar refractivity (Wildman–Crippen MR) is 189 cm³/mol. The SMILES string of the molecule is CN(C)CC(C)(C)CNC(=O)C1=CN2C3CC4CCCCC4CC3OC3C(N4CC5CCCN(C(=O)OC(C)(C)C)C5C4)C(F)CC(C1=O)C32. The van der Waals surface area contributed by atoms with E-state index in [2.05, 4.69) is 33.9 Å². The van der Waals surface area contributed by atoms with Gasteiger partial charge in [0, 0.05) is 44.8 Å². The maximum absolute atomic E-state index is 16.9. The molecule has 7 aliphatic rings. The van der Waals surface area contributed by atoms with Gasteiger partial charge in [-0.15, -0.1) is 0 Å². The molecule has 50 heavy (non-hydrogen) atoms. The molecule has 10 nitrogen and oxygen atoms in total. The average Bonchev–Trinajstić information content (AvgIpc) is 3.46. The number of fused-ring (bicyclic) bond motifs is 4. The molecule has 11 unspecified atom stereocenters. The van der Waals surface area contributed by atoms with Crippen molar-refractivity contribution >= 4 is 17.8 Å². The molecule has 3 saturated heterocycles. The molecule has 7 rings (SSSR count). The summed E-state index contributed by atoms with van der Waals surface area (Å²) in [5, 5.41) is 3.08. The van der Waals surface area contributed by atoms with E-state index in [1.807, 2.05) is 46.0 Å². The van der Waals surface area contributed by atoms with Gasteiger partial charge in [0.1, 0.15) is 11.8 Å². The van der Waals surface area contributed by atoms with Crippen LogP contribution in [0.4, 0.5) is 9.18 Å². The molecule has 0 bridgehead atoms. The summed E-state index contributed by atoms with van der Waals surface area (Å²) >= 11 is 0. The number of hydrogen-bond donors (Lipinski definition) is 1. The summed E-state index contributed by atoms with van der Waals surface area (Å²) in [6.45, 7) is 13.0. The normalized spacial score (nSPS) is 38.9. The van der Waals surface area contributed by atoms with E-state index in [-0.39, 0.29) is 65.3 Å². The minimum atomic E-state index is -1.29. The first kappa shape index (κ1) is 36.1. The molecule has 0 aromatic rings. The number of hydrogen-bond acceptors (Lipinski definition) is 8. The monoisotopic (exact) mass is 699 g/mol. The van der Waals surface area contributed by atoms with E-state index in [4.69, 9.17) is 9.47 Å². The zero-order valence-corrected chi connectivity index (χ0v) is 31.5. The van der Waals surface area contributed by atoms with Crippen LogP contribution < -0.4 is 5.32 Å². The first-order valence-corrected chi connectivity index (χ1v) is 19.6. The van der Waals surface area contributed by atoms with Gasteiger partial charge in [-0.05, 0) is 90.1 Å². The van der Waals surface area contributed by atoms with E-state index in [1.165, 1.54) is 25.7 Å². The molecule has 4 heterocycles. The third-order valence-corrected chi connectivity index (χ3v) is 13.0. The van der Waals surface area contributed by atoms with Crippen LogP contribution in [-0.4, -0.2) is 132 Å². The average molecular weight is 700 g/mol. The Kier molecular flexibility index (Phi) is 9.85. The zero-order chi connectivity index (χ0) is 35.7. The fourth-order valence-electron chi connectivity index (χ4n) is 11.2. The van der Waals surface area contributed by atoms with Gasteiger partial charge >= 0.3 is 6.09 Å². The Hall–Kier alpha value is -2.24. The molecular formula is C39H62FN5O5. The summed E-state index contributed by atoms with van der Waals surface area (Å²) in [5.74, 6) is 0.225. The number of ether oxygens (including phenoxy) is 2. The molecule has 0 spiro atoms. The number of Topliss-reactive ketones (excluding diaryl/α,β-unsaturated/α-hetero) is 1. The number of rotatable bonds is 6. The van der Waals surface area contributed by atoms with Gasteiger partial charge in [-0.2, -0.15) is 0 Å². The Morgan fingerprint density at radius 1 is 0.960 bits per heavy atom. The lowest BCUT2D eigenvalue weighted by Crippen LogP contribution is -2.73. The van der Waals surface area contributed by atoms with E-state index in [1.54, 1.807) is 0 Å². The molecule has 3 aliphatic carbocycles. The number of halogens is 1. The lowest BCUT2D eigenvalue weighted by atomic mass is 9.64. The number of nitrogens with zero attached hydrogens (tertiary/aromatic N) is 4. The van der Waals surface area contributed by atoms with Gasteiger partial charge in [-0.1, -0.05) is 39.5 Å². The third-order valence-electron chi connectivity index (χ3n) is 13.0. The Labute approximate surface area is 298 Å². The van der Waals surface area contributed by atoms with Crippen LogP contribution in [0.2, 0.25) is 0 Å².